The van der Waals surface area contributed by atoms with Gasteiger partial charge in [-0.25, -0.2) is 4.39 Å². The summed E-state index contributed by atoms with van der Waals surface area (Å²) in [7, 11) is 0. The van der Waals surface area contributed by atoms with Crippen molar-refractivity contribution in [1.82, 2.24) is 0 Å². The van der Waals surface area contributed by atoms with Crippen LogP contribution in [0.1, 0.15) is 32.6 Å². The summed E-state index contributed by atoms with van der Waals surface area (Å²) in [6, 6.07) is 0. The third-order valence-corrected chi connectivity index (χ3v) is 2.49. The van der Waals surface area contributed by atoms with E-state index in [0.717, 1.165) is 0 Å². The fraction of sp³-hybridized carbons (Fsp3) is 0.900. The van der Waals surface area contributed by atoms with Gasteiger partial charge in [0, 0.05) is 6.42 Å². The van der Waals surface area contributed by atoms with Crippen molar-refractivity contribution in [1.29, 1.82) is 0 Å². The zero-order valence-corrected chi connectivity index (χ0v) is 9.81. The van der Waals surface area contributed by atoms with E-state index in [4.69, 9.17) is 0 Å². The number of unbranched alkanes of at least 4 members (excludes halogenated alkanes) is 3. The van der Waals surface area contributed by atoms with Gasteiger partial charge in [-0.3, -0.25) is 0 Å². The molecule has 1 radical (unpaired) electrons. The number of rotatable bonds is 6. The lowest BCUT2D eigenvalue weighted by molar-refractivity contribution is -0.383. The predicted octanol–water partition coefficient (Wildman–Crippen LogP) is 5.24. The Kier molecular flexibility index (Phi) is 5.59. The molecule has 0 nitrogen and oxygen atoms in total. The van der Waals surface area contributed by atoms with Gasteiger partial charge < -0.3 is 0 Å². The maximum atomic E-state index is 13.4. The zero-order valence-electron chi connectivity index (χ0n) is 9.81. The molecule has 0 aromatic carbocycles. The average molecular weight is 303 g/mol. The molecule has 0 saturated heterocycles. The van der Waals surface area contributed by atoms with Gasteiger partial charge in [0.05, 0.1) is 0 Å². The van der Waals surface area contributed by atoms with Gasteiger partial charge in [0.2, 0.25) is 0 Å². The van der Waals surface area contributed by atoms with Gasteiger partial charge in [-0.15, -0.1) is 0 Å². The Morgan fingerprint density at radius 2 is 1.26 bits per heavy atom. The molecule has 1 unspecified atom stereocenters. The Labute approximate surface area is 104 Å². The van der Waals surface area contributed by atoms with Crippen LogP contribution in [-0.4, -0.2) is 23.9 Å². The van der Waals surface area contributed by atoms with E-state index < -0.39 is 30.4 Å². The minimum Gasteiger partial charge on any atom is -0.227 e. The van der Waals surface area contributed by atoms with Crippen molar-refractivity contribution >= 4 is 0 Å². The molecule has 1 atom stereocenters. The van der Waals surface area contributed by atoms with Gasteiger partial charge >= 0.3 is 18.3 Å². The van der Waals surface area contributed by atoms with Crippen LogP contribution < -0.4 is 0 Å². The Bertz CT molecular complexity index is 278. The van der Waals surface area contributed by atoms with Gasteiger partial charge in [-0.1, -0.05) is 26.2 Å². The quantitative estimate of drug-likeness (QED) is 0.465. The van der Waals surface area contributed by atoms with Crippen molar-refractivity contribution in [3.05, 3.63) is 6.42 Å². The third kappa shape index (κ3) is 3.68. The van der Waals surface area contributed by atoms with E-state index in [9.17, 15) is 39.5 Å². The lowest BCUT2D eigenvalue weighted by Crippen LogP contribution is -2.62. The average Bonchev–Trinajstić information content (AvgIpc) is 2.20. The Morgan fingerprint density at radius 3 is 1.58 bits per heavy atom. The van der Waals surface area contributed by atoms with Crippen LogP contribution in [0.4, 0.5) is 39.5 Å². The van der Waals surface area contributed by atoms with Crippen LogP contribution >= 0.6 is 0 Å². The largest absolute Gasteiger partial charge is 0.457 e. The minimum absolute atomic E-state index is 0.174. The highest BCUT2D eigenvalue weighted by atomic mass is 19.4. The van der Waals surface area contributed by atoms with Crippen LogP contribution in [0.15, 0.2) is 0 Å². The van der Waals surface area contributed by atoms with Crippen molar-refractivity contribution in [2.45, 2.75) is 56.6 Å². The molecule has 0 amide bonds. The predicted molar refractivity (Wildman–Crippen MR) is 49.3 cm³/mol. The molecule has 115 valence electrons. The van der Waals surface area contributed by atoms with Crippen LogP contribution in [0.25, 0.3) is 0 Å². The van der Waals surface area contributed by atoms with E-state index in [0.29, 0.717) is 12.8 Å². The normalized spacial score (nSPS) is 17.4. The molecule has 0 aliphatic heterocycles. The topological polar surface area (TPSA) is 0 Å². The molecule has 0 N–H and O–H groups in total. The summed E-state index contributed by atoms with van der Waals surface area (Å²) in [5.41, 5.74) is -5.65. The number of alkyl halides is 9. The molecule has 0 saturated carbocycles. The summed E-state index contributed by atoms with van der Waals surface area (Å²) in [6.07, 6.45) is -13.9. The van der Waals surface area contributed by atoms with Crippen molar-refractivity contribution in [2.24, 2.45) is 0 Å². The third-order valence-electron chi connectivity index (χ3n) is 2.49. The Hall–Kier alpha value is -0.630. The first-order valence-electron chi connectivity index (χ1n) is 5.33. The molecule has 0 heterocycles. The first kappa shape index (κ1) is 18.4. The van der Waals surface area contributed by atoms with E-state index in [2.05, 4.69) is 0 Å². The number of hydrogen-bond donors (Lipinski definition) is 0. The summed E-state index contributed by atoms with van der Waals surface area (Å²) in [5.74, 6) is -6.50. The van der Waals surface area contributed by atoms with Gasteiger partial charge in [0.1, 0.15) is 0 Å². The van der Waals surface area contributed by atoms with Gasteiger partial charge in [-0.2, -0.15) is 35.1 Å². The summed E-state index contributed by atoms with van der Waals surface area (Å²) < 4.78 is 111. The summed E-state index contributed by atoms with van der Waals surface area (Å²) in [6.45, 7) is 1.63. The van der Waals surface area contributed by atoms with Gasteiger partial charge in [-0.05, 0) is 6.42 Å². The molecular formula is C10H12F9. The van der Waals surface area contributed by atoms with Crippen LogP contribution in [0.3, 0.4) is 0 Å². The van der Waals surface area contributed by atoms with Crippen LogP contribution in [0.5, 0.6) is 0 Å². The van der Waals surface area contributed by atoms with Crippen molar-refractivity contribution < 1.29 is 39.5 Å². The molecule has 9 heteroatoms. The van der Waals surface area contributed by atoms with E-state index >= 15 is 0 Å². The standard InChI is InChI=1S/C10H12F9/c1-2-3-4-5-6-7(11,9(14,15)16)8(12,13)10(17,18)19/h5H,2-4,6H2,1H3. The van der Waals surface area contributed by atoms with Gasteiger partial charge in [0.25, 0.3) is 5.67 Å². The van der Waals surface area contributed by atoms with E-state index in [1.807, 2.05) is 0 Å². The molecule has 0 aliphatic carbocycles. The Morgan fingerprint density at radius 1 is 0.789 bits per heavy atom. The summed E-state index contributed by atoms with van der Waals surface area (Å²) >= 11 is 0. The van der Waals surface area contributed by atoms with E-state index in [-0.39, 0.29) is 12.8 Å². The fourth-order valence-electron chi connectivity index (χ4n) is 1.30. The van der Waals surface area contributed by atoms with Crippen molar-refractivity contribution in [3.63, 3.8) is 0 Å². The van der Waals surface area contributed by atoms with Crippen molar-refractivity contribution in [3.8, 4) is 0 Å². The highest BCUT2D eigenvalue weighted by molar-refractivity contribution is 5.05. The molecule has 0 spiro atoms. The summed E-state index contributed by atoms with van der Waals surface area (Å²) in [5, 5.41) is 0. The second-order valence-corrected chi connectivity index (χ2v) is 4.01. The lowest BCUT2D eigenvalue weighted by Gasteiger charge is -2.35. The second kappa shape index (κ2) is 5.78. The maximum Gasteiger partial charge on any atom is 0.457 e. The summed E-state index contributed by atoms with van der Waals surface area (Å²) in [4.78, 5) is 0. The van der Waals surface area contributed by atoms with Crippen LogP contribution in [-0.2, 0) is 0 Å². The molecule has 0 rings (SSSR count). The molecule has 0 aromatic heterocycles. The molecule has 0 aromatic rings. The smallest absolute Gasteiger partial charge is 0.227 e. The first-order chi connectivity index (χ1) is 8.31. The fourth-order valence-corrected chi connectivity index (χ4v) is 1.30. The number of hydrogen-bond acceptors (Lipinski definition) is 0. The highest BCUT2D eigenvalue weighted by Gasteiger charge is 2.80. The second-order valence-electron chi connectivity index (χ2n) is 4.01. The molecule has 0 bridgehead atoms. The van der Waals surface area contributed by atoms with Crippen LogP contribution in [0.2, 0.25) is 0 Å². The molecule has 19 heavy (non-hydrogen) atoms. The first-order valence-corrected chi connectivity index (χ1v) is 5.33. The zero-order chi connectivity index (χ0) is 15.5. The van der Waals surface area contributed by atoms with Gasteiger partial charge in [0.15, 0.2) is 0 Å². The van der Waals surface area contributed by atoms with E-state index in [1.165, 1.54) is 0 Å². The van der Waals surface area contributed by atoms with Crippen molar-refractivity contribution in [2.75, 3.05) is 0 Å². The molecule has 0 fully saturated rings. The van der Waals surface area contributed by atoms with Crippen LogP contribution in [0, 0.1) is 6.42 Å². The highest BCUT2D eigenvalue weighted by Crippen LogP contribution is 2.54. The SMILES string of the molecule is CCCC[CH]CC(F)(C(F)(F)F)C(F)(F)C(F)(F)F. The minimum atomic E-state index is -6.62. The number of halogens is 9. The molecule has 0 aliphatic rings. The lowest BCUT2D eigenvalue weighted by atomic mass is 9.89. The Balaban J connectivity index is 5.21. The van der Waals surface area contributed by atoms with E-state index in [1.54, 1.807) is 6.92 Å². The monoisotopic (exact) mass is 303 g/mol. The maximum absolute atomic E-state index is 13.4. The molecular weight excluding hydrogens is 291 g/mol.